The fraction of sp³-hybridized carbons (Fsp3) is 0. The Morgan fingerprint density at radius 3 is 0.883 bits per heavy atom. The van der Waals surface area contributed by atoms with Crippen LogP contribution in [0.15, 0.2) is 425 Å². The second-order valence-electron chi connectivity index (χ2n) is 31.0. The predicted molar refractivity (Wildman–Crippen MR) is 496 cm³/mol. The van der Waals surface area contributed by atoms with E-state index in [1.165, 1.54) is 41.5 Å². The van der Waals surface area contributed by atoms with E-state index in [0.717, 1.165) is 127 Å². The first-order valence-corrected chi connectivity index (χ1v) is 44.7. The molecule has 16 aromatic carbocycles. The van der Waals surface area contributed by atoms with Crippen molar-refractivity contribution < 1.29 is 0 Å². The van der Waals surface area contributed by atoms with Crippen molar-refractivity contribution >= 4 is 157 Å². The lowest BCUT2D eigenvalue weighted by Gasteiger charge is -2.34. The first-order chi connectivity index (χ1) is 59.5. The lowest BCUT2D eigenvalue weighted by molar-refractivity contribution is 0.970. The summed E-state index contributed by atoms with van der Waals surface area (Å²) in [4.78, 5) is 34.1. The molecule has 12 nitrogen and oxygen atoms in total. The quantitative estimate of drug-likeness (QED) is 0.0748. The molecule has 0 fully saturated rings. The summed E-state index contributed by atoms with van der Waals surface area (Å²) in [5, 5.41) is 14.7. The van der Waals surface area contributed by atoms with Crippen LogP contribution in [0, 0.1) is 0 Å². The Morgan fingerprint density at radius 1 is 0.167 bits per heavy atom. The smallest absolute Gasteiger partial charge is 0.221 e. The zero-order valence-electron chi connectivity index (χ0n) is 64.8. The largest absolute Gasteiger partial charge is 0.294 e. The van der Waals surface area contributed by atoms with Gasteiger partial charge in [-0.25, -0.2) is 29.9 Å². The van der Waals surface area contributed by atoms with Gasteiger partial charge in [-0.2, -0.15) is 0 Å². The lowest BCUT2D eigenvalue weighted by atomic mass is 10.0. The lowest BCUT2D eigenvalue weighted by Crippen LogP contribution is -2.74. The maximum Gasteiger partial charge on any atom is 0.221 e. The topological polar surface area (TPSA) is 106 Å². The van der Waals surface area contributed by atoms with Gasteiger partial charge in [0.2, 0.25) is 11.6 Å². The maximum absolute atomic E-state index is 5.79. The van der Waals surface area contributed by atoms with Crippen LogP contribution in [0.25, 0.3) is 156 Å². The molecule has 8 heterocycles. The molecule has 24 aromatic rings. The molecule has 0 bridgehead atoms. The summed E-state index contributed by atoms with van der Waals surface area (Å²) in [5.74, 6) is 5.46. The summed E-state index contributed by atoms with van der Waals surface area (Å²) in [5.41, 5.74) is 15.7. The highest BCUT2D eigenvalue weighted by Gasteiger charge is 2.43. The van der Waals surface area contributed by atoms with Crippen LogP contribution in [0.4, 0.5) is 0 Å². The number of hydrogen-bond donors (Lipinski definition) is 0. The van der Waals surface area contributed by atoms with Gasteiger partial charge in [-0.3, -0.25) is 27.1 Å². The second-order valence-corrected chi connectivity index (χ2v) is 38.6. The monoisotopic (exact) mass is 1570 g/mol. The van der Waals surface area contributed by atoms with Gasteiger partial charge in [0.15, 0.2) is 27.8 Å². The number of imidazole rings is 4. The van der Waals surface area contributed by atoms with Crippen LogP contribution >= 0.6 is 0 Å². The van der Waals surface area contributed by atoms with Crippen LogP contribution in [0.1, 0.15) is 0 Å². The van der Waals surface area contributed by atoms with Crippen molar-refractivity contribution in [3.05, 3.63) is 425 Å². The Balaban J connectivity index is 0.684. The highest BCUT2D eigenvalue weighted by molar-refractivity contribution is 7.20. The van der Waals surface area contributed by atoms with Gasteiger partial charge in [-0.15, -0.1) is 0 Å². The summed E-state index contributed by atoms with van der Waals surface area (Å²) >= 11 is 0. The Hall–Kier alpha value is -15.7. The average molecular weight is 1570 g/mol. The van der Waals surface area contributed by atoms with Crippen LogP contribution < -0.4 is 41.5 Å². The normalized spacial score (nSPS) is 12.2. The Morgan fingerprint density at radius 2 is 0.467 bits per heavy atom. The molecule has 0 radical (unpaired) electrons. The van der Waals surface area contributed by atoms with Gasteiger partial charge in [0.25, 0.3) is 0 Å². The number of rotatable bonds is 15. The number of fused-ring (bicyclic) bond motifs is 16. The van der Waals surface area contributed by atoms with Crippen molar-refractivity contribution in [3.63, 3.8) is 0 Å². The second kappa shape index (κ2) is 27.5. The minimum absolute atomic E-state index is 0.559. The molecule has 0 saturated heterocycles. The van der Waals surface area contributed by atoms with E-state index in [-0.39, 0.29) is 0 Å². The van der Waals surface area contributed by atoms with Crippen molar-refractivity contribution in [1.82, 2.24) is 57.0 Å². The van der Waals surface area contributed by atoms with Gasteiger partial charge in [-0.1, -0.05) is 334 Å². The molecule has 0 amide bonds. The summed E-state index contributed by atoms with van der Waals surface area (Å²) in [6.45, 7) is 0. The number of para-hydroxylation sites is 9. The van der Waals surface area contributed by atoms with Crippen molar-refractivity contribution in [2.24, 2.45) is 0 Å². The minimum atomic E-state index is -3.02. The SMILES string of the molecule is c1ccc([Si](c2ccccc2)(c2ccccc2)c2cccc(-c3nc(-n4c5ccccc5c5ccccc54)cc(-n4c5ccccc5c5cc(-c6ccc7nc8n(-c9cc(-n%10c%11ccccc%11n%11c%12ccccc%12nc%10%11)nc(-c%10cccc([Si](c%11ccccc%11)(c%11ccccc%11)c%11ccccc%11)c%10)n9)c9ccccc9n8c7c6)ccc54)n3)c2)cc1. The molecular weight excluding hydrogens is 1500 g/mol. The summed E-state index contributed by atoms with van der Waals surface area (Å²) in [6, 6.07) is 154. The van der Waals surface area contributed by atoms with Gasteiger partial charge < -0.3 is 0 Å². The van der Waals surface area contributed by atoms with Crippen LogP contribution in [-0.2, 0) is 0 Å². The molecule has 562 valence electrons. The Bertz CT molecular complexity index is 7930. The van der Waals surface area contributed by atoms with Crippen LogP contribution in [0.2, 0.25) is 0 Å². The molecule has 120 heavy (non-hydrogen) atoms. The van der Waals surface area contributed by atoms with Crippen molar-refractivity contribution in [2.75, 3.05) is 0 Å². The van der Waals surface area contributed by atoms with E-state index in [2.05, 4.69) is 446 Å². The summed E-state index contributed by atoms with van der Waals surface area (Å²) in [7, 11) is -5.99. The van der Waals surface area contributed by atoms with Crippen molar-refractivity contribution in [1.29, 1.82) is 0 Å². The number of benzene rings is 16. The van der Waals surface area contributed by atoms with Crippen LogP contribution in [-0.4, -0.2) is 73.1 Å². The molecule has 0 saturated carbocycles. The number of hydrogen-bond acceptors (Lipinski definition) is 6. The number of aromatic nitrogens is 12. The van der Waals surface area contributed by atoms with Gasteiger partial charge in [-0.05, 0) is 131 Å². The molecule has 0 atom stereocenters. The third kappa shape index (κ3) is 10.5. The zero-order valence-corrected chi connectivity index (χ0v) is 66.8. The van der Waals surface area contributed by atoms with Crippen molar-refractivity contribution in [2.45, 2.75) is 0 Å². The highest BCUT2D eigenvalue weighted by atomic mass is 28.3. The van der Waals surface area contributed by atoms with E-state index in [1.807, 2.05) is 6.07 Å². The Labute approximate surface area is 691 Å². The van der Waals surface area contributed by atoms with Gasteiger partial charge in [0.05, 0.1) is 66.2 Å². The highest BCUT2D eigenvalue weighted by Crippen LogP contribution is 2.40. The van der Waals surface area contributed by atoms with Crippen LogP contribution in [0.5, 0.6) is 0 Å². The first kappa shape index (κ1) is 68.6. The molecule has 0 aliphatic carbocycles. The Kier molecular flexibility index (Phi) is 15.7. The summed E-state index contributed by atoms with van der Waals surface area (Å²) in [6.07, 6.45) is 0. The molecule has 0 aliphatic rings. The maximum atomic E-state index is 5.79. The summed E-state index contributed by atoms with van der Waals surface area (Å²) < 4.78 is 13.6. The third-order valence-corrected chi connectivity index (χ3v) is 34.1. The van der Waals surface area contributed by atoms with Crippen LogP contribution in [0.3, 0.4) is 0 Å². The molecule has 0 aliphatic heterocycles. The molecular formula is C106H70N12Si2. The molecule has 8 aromatic heterocycles. The standard InChI is InChI=1S/C106H70N12Si2/c1-7-35-75(36-8-1)119(76-37-9-2-10-38-76,77-39-11-3-12-40-77)81-47-31-33-73(65-81)103-109-99(113-89-53-23-19-49-83(89)84-50-20-24-54-90(84)113)69-100(110-103)114-91-55-25-21-51-85(91)86-67-71(62-64-92(86)114)72-61-63-88-98(68-72)116-95-58-28-30-60-97(95)118(106(116)108-88)102-70-101(117-96-59-29-27-57-94(96)115-93-56-26-22-52-87(93)107-105(115)117)111-104(112-102)74-34-32-48-82(66-74)120(78-41-13-4-14-42-78,79-43-15-5-16-44-79)80-45-17-6-18-46-80/h1-70H. The van der Waals surface area contributed by atoms with E-state index in [9.17, 15) is 0 Å². The van der Waals surface area contributed by atoms with E-state index in [1.54, 1.807) is 0 Å². The van der Waals surface area contributed by atoms with Gasteiger partial charge >= 0.3 is 0 Å². The fourth-order valence-corrected chi connectivity index (χ4v) is 29.0. The molecule has 0 unspecified atom stereocenters. The molecule has 0 spiro atoms. The van der Waals surface area contributed by atoms with E-state index in [0.29, 0.717) is 29.1 Å². The van der Waals surface area contributed by atoms with E-state index in [4.69, 9.17) is 29.9 Å². The van der Waals surface area contributed by atoms with E-state index < -0.39 is 16.1 Å². The number of nitrogens with zero attached hydrogens (tertiary/aromatic N) is 12. The van der Waals surface area contributed by atoms with Crippen molar-refractivity contribution in [3.8, 4) is 57.2 Å². The van der Waals surface area contributed by atoms with Gasteiger partial charge in [0.1, 0.15) is 23.3 Å². The first-order valence-electron chi connectivity index (χ1n) is 40.7. The third-order valence-electron chi connectivity index (χ3n) is 24.6. The molecule has 0 N–H and O–H groups in total. The fourth-order valence-electron chi connectivity index (χ4n) is 19.4. The molecule has 24 rings (SSSR count). The average Bonchev–Trinajstić information content (AvgIpc) is 1.59. The molecule has 14 heteroatoms. The van der Waals surface area contributed by atoms with Gasteiger partial charge in [0, 0.05) is 44.8 Å². The minimum Gasteiger partial charge on any atom is -0.294 e. The zero-order chi connectivity index (χ0) is 79.0. The van der Waals surface area contributed by atoms with E-state index >= 15 is 0 Å². The predicted octanol–water partition coefficient (Wildman–Crippen LogP) is 18.7.